The second kappa shape index (κ2) is 7.70. The number of halogens is 1. The Balaban J connectivity index is 1.16. The van der Waals surface area contributed by atoms with Gasteiger partial charge in [-0.2, -0.15) is 0 Å². The molecule has 0 aromatic carbocycles. The Labute approximate surface area is 218 Å². The lowest BCUT2D eigenvalue weighted by Gasteiger charge is -2.59. The monoisotopic (exact) mass is 550 g/mol. The minimum absolute atomic E-state index is 0.110. The highest BCUT2D eigenvalue weighted by molar-refractivity contribution is 9.09. The second-order valence-electron chi connectivity index (χ2n) is 14.0. The maximum Gasteiger partial charge on any atom is 0.302 e. The van der Waals surface area contributed by atoms with Crippen molar-refractivity contribution < 1.29 is 23.7 Å². The summed E-state index contributed by atoms with van der Waals surface area (Å²) in [5.74, 6) is 3.51. The van der Waals surface area contributed by atoms with Gasteiger partial charge in [-0.25, -0.2) is 0 Å². The Kier molecular flexibility index (Phi) is 5.26. The molecule has 0 radical (unpaired) electrons. The van der Waals surface area contributed by atoms with Gasteiger partial charge in [0.1, 0.15) is 6.10 Å². The quantitative estimate of drug-likeness (QED) is 0.237. The molecule has 0 aromatic rings. The topological polar surface area (TPSA) is 57.3 Å². The van der Waals surface area contributed by atoms with Crippen LogP contribution in [0.2, 0.25) is 0 Å². The minimum atomic E-state index is -0.476. The molecule has 1 spiro atoms. The van der Waals surface area contributed by atoms with Crippen LogP contribution in [0, 0.1) is 52.3 Å². The number of alkyl halides is 1. The molecule has 7 fully saturated rings. The first-order valence-corrected chi connectivity index (χ1v) is 15.3. The van der Waals surface area contributed by atoms with Crippen molar-refractivity contribution in [3.63, 3.8) is 0 Å². The third kappa shape index (κ3) is 3.06. The lowest BCUT2D eigenvalue weighted by atomic mass is 9.44. The van der Waals surface area contributed by atoms with E-state index in [0.717, 1.165) is 44.6 Å². The van der Waals surface area contributed by atoms with Crippen molar-refractivity contribution in [2.24, 2.45) is 52.3 Å². The third-order valence-corrected chi connectivity index (χ3v) is 13.5. The van der Waals surface area contributed by atoms with Crippen LogP contribution in [-0.2, 0) is 23.7 Å². The SMILES string of the molecule is CC(=O)O[C@H]1CC[C@@]2(C)[C@@H](CC[C@@H]3[C@@H]2[C@@H]2O[C@H]2[C@]2(C)[C@@H]4[C@@H](C[C@@H]32)O[C@@]2(OC[C@@H](C)C[C@H]2Br)[C@H]4C)C1. The largest absolute Gasteiger partial charge is 0.463 e. The normalized spacial score (nSPS) is 62.3. The van der Waals surface area contributed by atoms with Gasteiger partial charge in [-0.1, -0.05) is 43.6 Å². The van der Waals surface area contributed by atoms with Gasteiger partial charge in [-0.05, 0) is 80.0 Å². The predicted molar refractivity (Wildman–Crippen MR) is 135 cm³/mol. The fraction of sp³-hybridized carbons (Fsp3) is 0.966. The minimum Gasteiger partial charge on any atom is -0.463 e. The average molecular weight is 552 g/mol. The number of epoxide rings is 1. The van der Waals surface area contributed by atoms with Crippen molar-refractivity contribution >= 4 is 21.9 Å². The predicted octanol–water partition coefficient (Wildman–Crippen LogP) is 5.73. The van der Waals surface area contributed by atoms with E-state index in [1.165, 1.54) is 12.8 Å². The van der Waals surface area contributed by atoms with E-state index in [-0.39, 0.29) is 28.4 Å². The average Bonchev–Trinajstić information content (AvgIpc) is 3.46. The number of rotatable bonds is 1. The van der Waals surface area contributed by atoms with Crippen LogP contribution in [0.4, 0.5) is 0 Å². The number of hydrogen-bond donors (Lipinski definition) is 0. The zero-order valence-electron chi connectivity index (χ0n) is 22.0. The van der Waals surface area contributed by atoms with Gasteiger partial charge in [0.15, 0.2) is 5.79 Å². The van der Waals surface area contributed by atoms with Crippen molar-refractivity contribution in [1.29, 1.82) is 0 Å². The first-order chi connectivity index (χ1) is 16.6. The van der Waals surface area contributed by atoms with Gasteiger partial charge in [0.2, 0.25) is 0 Å². The standard InChI is InChI=1S/C29H43BrO5/c1-14-10-22(30)29(32-13-14)15(2)23-21(35-29)12-20-19-7-6-17-11-18(33-16(3)31)8-9-27(17,4)24(19)25-26(34-25)28(20,23)5/h14-15,17-26H,6-13H2,1-5H3/t14-,15-,17-,18-,19-,20-,21+,22+,23-,24+,25-,26+,27-,28-,29-/m0/s1. The maximum absolute atomic E-state index is 11.6. The van der Waals surface area contributed by atoms with Crippen LogP contribution < -0.4 is 0 Å². The van der Waals surface area contributed by atoms with Crippen molar-refractivity contribution in [1.82, 2.24) is 0 Å². The van der Waals surface area contributed by atoms with Gasteiger partial charge in [0, 0.05) is 24.2 Å². The van der Waals surface area contributed by atoms with E-state index in [1.54, 1.807) is 6.92 Å². The molecule has 196 valence electrons. The maximum atomic E-state index is 11.6. The summed E-state index contributed by atoms with van der Waals surface area (Å²) in [6, 6.07) is 0. The van der Waals surface area contributed by atoms with E-state index >= 15 is 0 Å². The molecule has 15 atom stereocenters. The summed E-state index contributed by atoms with van der Waals surface area (Å²) in [7, 11) is 0. The van der Waals surface area contributed by atoms with Gasteiger partial charge < -0.3 is 18.9 Å². The Morgan fingerprint density at radius 1 is 1.06 bits per heavy atom. The fourth-order valence-corrected chi connectivity index (χ4v) is 12.3. The number of carbonyl (C=O) groups excluding carboxylic acids is 1. The number of carbonyl (C=O) groups is 1. The number of ether oxygens (including phenoxy) is 4. The summed E-state index contributed by atoms with van der Waals surface area (Å²) in [4.78, 5) is 11.9. The summed E-state index contributed by atoms with van der Waals surface area (Å²) in [6.45, 7) is 12.1. The molecule has 35 heavy (non-hydrogen) atoms. The van der Waals surface area contributed by atoms with E-state index in [9.17, 15) is 4.79 Å². The molecule has 0 bridgehead atoms. The molecule has 0 aromatic heterocycles. The van der Waals surface area contributed by atoms with Crippen LogP contribution in [0.1, 0.15) is 79.6 Å². The summed E-state index contributed by atoms with van der Waals surface area (Å²) in [6.07, 6.45) is 9.19. The summed E-state index contributed by atoms with van der Waals surface area (Å²) in [5, 5.41) is 0. The van der Waals surface area contributed by atoms with E-state index in [4.69, 9.17) is 18.9 Å². The lowest BCUT2D eigenvalue weighted by Crippen LogP contribution is -2.59. The van der Waals surface area contributed by atoms with Crippen molar-refractivity contribution in [2.45, 2.75) is 115 Å². The van der Waals surface area contributed by atoms with E-state index in [1.807, 2.05) is 0 Å². The van der Waals surface area contributed by atoms with Crippen LogP contribution >= 0.6 is 15.9 Å². The van der Waals surface area contributed by atoms with Crippen molar-refractivity contribution in [2.75, 3.05) is 6.61 Å². The van der Waals surface area contributed by atoms with Gasteiger partial charge in [-0.3, -0.25) is 4.79 Å². The highest BCUT2D eigenvalue weighted by atomic mass is 79.9. The molecule has 0 amide bonds. The van der Waals surface area contributed by atoms with Crippen LogP contribution in [0.5, 0.6) is 0 Å². The first kappa shape index (κ1) is 23.9. The lowest BCUT2D eigenvalue weighted by molar-refractivity contribution is -0.267. The van der Waals surface area contributed by atoms with E-state index < -0.39 is 5.79 Å². The summed E-state index contributed by atoms with van der Waals surface area (Å²) >= 11 is 4.00. The molecule has 0 N–H and O–H groups in total. The molecule has 3 saturated heterocycles. The molecule has 4 saturated carbocycles. The van der Waals surface area contributed by atoms with Crippen molar-refractivity contribution in [3.8, 4) is 0 Å². The van der Waals surface area contributed by atoms with E-state index in [0.29, 0.717) is 53.1 Å². The van der Waals surface area contributed by atoms with Crippen LogP contribution in [-0.4, -0.2) is 47.6 Å². The number of esters is 1. The number of fused-ring (bicyclic) bond motifs is 10. The Morgan fingerprint density at radius 2 is 1.86 bits per heavy atom. The molecule has 3 heterocycles. The molecular formula is C29H43BrO5. The highest BCUT2D eigenvalue weighted by Crippen LogP contribution is 2.75. The molecule has 7 rings (SSSR count). The Hall–Kier alpha value is -0.170. The zero-order chi connectivity index (χ0) is 24.5. The van der Waals surface area contributed by atoms with Gasteiger partial charge in [0.25, 0.3) is 0 Å². The molecule has 3 aliphatic heterocycles. The van der Waals surface area contributed by atoms with Crippen LogP contribution in [0.25, 0.3) is 0 Å². The fourth-order valence-electron chi connectivity index (χ4n) is 11.0. The molecule has 7 aliphatic rings. The molecule has 0 unspecified atom stereocenters. The summed E-state index contributed by atoms with van der Waals surface area (Å²) in [5.41, 5.74) is 0.478. The van der Waals surface area contributed by atoms with Crippen LogP contribution in [0.15, 0.2) is 0 Å². The first-order valence-electron chi connectivity index (χ1n) is 14.4. The van der Waals surface area contributed by atoms with Gasteiger partial charge in [-0.15, -0.1) is 0 Å². The molecule has 4 aliphatic carbocycles. The zero-order valence-corrected chi connectivity index (χ0v) is 23.6. The highest BCUT2D eigenvalue weighted by Gasteiger charge is 2.78. The van der Waals surface area contributed by atoms with E-state index in [2.05, 4.69) is 43.6 Å². The Bertz CT molecular complexity index is 912. The third-order valence-electron chi connectivity index (χ3n) is 12.5. The van der Waals surface area contributed by atoms with Crippen molar-refractivity contribution in [3.05, 3.63) is 0 Å². The van der Waals surface area contributed by atoms with Gasteiger partial charge >= 0.3 is 5.97 Å². The smallest absolute Gasteiger partial charge is 0.302 e. The van der Waals surface area contributed by atoms with Gasteiger partial charge in [0.05, 0.1) is 29.7 Å². The number of hydrogen-bond acceptors (Lipinski definition) is 5. The second-order valence-corrected chi connectivity index (χ2v) is 15.1. The summed E-state index contributed by atoms with van der Waals surface area (Å²) < 4.78 is 26.0. The molecule has 5 nitrogen and oxygen atoms in total. The van der Waals surface area contributed by atoms with Crippen LogP contribution in [0.3, 0.4) is 0 Å². The Morgan fingerprint density at radius 3 is 2.60 bits per heavy atom. The molecule has 6 heteroatoms. The molecular weight excluding hydrogens is 508 g/mol.